The Hall–Kier alpha value is -3.12. The zero-order valence-corrected chi connectivity index (χ0v) is 16.8. The first-order valence-electron chi connectivity index (χ1n) is 10.3. The first kappa shape index (κ1) is 18.9. The summed E-state index contributed by atoms with van der Waals surface area (Å²) in [5, 5.41) is 3.02. The average Bonchev–Trinajstić information content (AvgIpc) is 3.43. The van der Waals surface area contributed by atoms with Gasteiger partial charge in [0.1, 0.15) is 11.4 Å². The van der Waals surface area contributed by atoms with Crippen LogP contribution in [-0.4, -0.2) is 43.7 Å². The maximum Gasteiger partial charge on any atom is 0.234 e. The third-order valence-electron chi connectivity index (χ3n) is 6.34. The van der Waals surface area contributed by atoms with Crippen LogP contribution in [0.5, 0.6) is 5.75 Å². The van der Waals surface area contributed by atoms with Crippen molar-refractivity contribution in [3.63, 3.8) is 0 Å². The second-order valence-corrected chi connectivity index (χ2v) is 8.05. The summed E-state index contributed by atoms with van der Waals surface area (Å²) in [6.07, 6.45) is 4.29. The van der Waals surface area contributed by atoms with E-state index >= 15 is 0 Å². The molecule has 3 aliphatic rings. The number of nitrogens with zero attached hydrogens (tertiary/aromatic N) is 1. The van der Waals surface area contributed by atoms with Crippen molar-refractivity contribution in [1.82, 2.24) is 5.32 Å². The average molecular weight is 404 g/mol. The first-order chi connectivity index (χ1) is 14.6. The van der Waals surface area contributed by atoms with Gasteiger partial charge in [-0.25, -0.2) is 0 Å². The Kier molecular flexibility index (Phi) is 4.59. The molecule has 2 saturated heterocycles. The van der Waals surface area contributed by atoms with Gasteiger partial charge in [-0.3, -0.25) is 9.59 Å². The highest BCUT2D eigenvalue weighted by Gasteiger charge is 2.66. The number of carbonyl (C=O) groups is 2. The van der Waals surface area contributed by atoms with Gasteiger partial charge in [0.15, 0.2) is 0 Å². The number of hydrogen-bond acceptors (Lipinski definition) is 4. The van der Waals surface area contributed by atoms with Crippen LogP contribution in [0.15, 0.2) is 66.7 Å². The number of ether oxygens (including phenoxy) is 2. The van der Waals surface area contributed by atoms with Crippen molar-refractivity contribution >= 4 is 17.5 Å². The number of rotatable bonds is 6. The van der Waals surface area contributed by atoms with Crippen molar-refractivity contribution in [3.05, 3.63) is 72.3 Å². The summed E-state index contributed by atoms with van der Waals surface area (Å²) < 4.78 is 11.4. The van der Waals surface area contributed by atoms with Gasteiger partial charge >= 0.3 is 0 Å². The largest absolute Gasteiger partial charge is 0.497 e. The van der Waals surface area contributed by atoms with Gasteiger partial charge in [0, 0.05) is 12.2 Å². The van der Waals surface area contributed by atoms with Crippen LogP contribution in [0.4, 0.5) is 5.69 Å². The van der Waals surface area contributed by atoms with Crippen LogP contribution in [0.1, 0.15) is 5.56 Å². The van der Waals surface area contributed by atoms with E-state index < -0.39 is 17.4 Å². The van der Waals surface area contributed by atoms with Crippen molar-refractivity contribution in [2.45, 2.75) is 18.1 Å². The molecular formula is C24H24N2O4. The molecule has 154 valence electrons. The molecule has 6 nitrogen and oxygen atoms in total. The van der Waals surface area contributed by atoms with Gasteiger partial charge in [0.05, 0.1) is 31.6 Å². The molecule has 30 heavy (non-hydrogen) atoms. The molecule has 1 spiro atoms. The summed E-state index contributed by atoms with van der Waals surface area (Å²) in [7, 11) is 1.64. The van der Waals surface area contributed by atoms with Gasteiger partial charge in [-0.1, -0.05) is 42.5 Å². The Labute approximate surface area is 175 Å². The quantitative estimate of drug-likeness (QED) is 0.751. The van der Waals surface area contributed by atoms with Crippen LogP contribution in [0.2, 0.25) is 0 Å². The fourth-order valence-electron chi connectivity index (χ4n) is 4.86. The lowest BCUT2D eigenvalue weighted by Crippen LogP contribution is -2.44. The van der Waals surface area contributed by atoms with Gasteiger partial charge in [-0.2, -0.15) is 0 Å². The second-order valence-electron chi connectivity index (χ2n) is 8.05. The van der Waals surface area contributed by atoms with Gasteiger partial charge in [0.25, 0.3) is 0 Å². The van der Waals surface area contributed by atoms with Gasteiger partial charge in [0.2, 0.25) is 11.8 Å². The van der Waals surface area contributed by atoms with Crippen LogP contribution in [0, 0.1) is 11.8 Å². The van der Waals surface area contributed by atoms with Crippen LogP contribution in [0.3, 0.4) is 0 Å². The number of fused-ring (bicyclic) bond motifs is 1. The van der Waals surface area contributed by atoms with Gasteiger partial charge in [-0.15, -0.1) is 0 Å². The third-order valence-corrected chi connectivity index (χ3v) is 6.34. The van der Waals surface area contributed by atoms with E-state index in [1.807, 2.05) is 66.7 Å². The first-order valence-corrected chi connectivity index (χ1v) is 10.3. The molecule has 0 radical (unpaired) electrons. The third kappa shape index (κ3) is 2.99. The summed E-state index contributed by atoms with van der Waals surface area (Å²) in [5.74, 6) is -0.321. The molecule has 2 aromatic rings. The van der Waals surface area contributed by atoms with Crippen LogP contribution >= 0.6 is 0 Å². The molecule has 1 N–H and O–H groups in total. The lowest BCUT2D eigenvalue weighted by atomic mass is 9.77. The van der Waals surface area contributed by atoms with E-state index in [0.29, 0.717) is 19.5 Å². The Morgan fingerprint density at radius 3 is 2.70 bits per heavy atom. The number of hydrogen-bond donors (Lipinski definition) is 1. The molecule has 0 aliphatic carbocycles. The van der Waals surface area contributed by atoms with Crippen molar-refractivity contribution in [3.8, 4) is 5.75 Å². The standard InChI is InChI=1S/C24H24N2O4/c1-29-18-9-7-16(8-10-18)12-14-25-22(27)20-19-11-13-24(30-19)15-26(23(28)21(20)24)17-5-3-2-4-6-17/h2-11,13,19-21H,12,14-15H2,1H3,(H,25,27)/t19-,20-,21-,24+/m1/s1. The molecule has 2 bridgehead atoms. The molecule has 2 amide bonds. The summed E-state index contributed by atoms with van der Waals surface area (Å²) in [6, 6.07) is 17.4. The van der Waals surface area contributed by atoms with Crippen LogP contribution in [-0.2, 0) is 20.7 Å². The Bertz CT molecular complexity index is 988. The molecular weight excluding hydrogens is 380 g/mol. The summed E-state index contributed by atoms with van der Waals surface area (Å²) in [5.41, 5.74) is 1.25. The van der Waals surface area contributed by atoms with E-state index in [9.17, 15) is 9.59 Å². The highest BCUT2D eigenvalue weighted by Crippen LogP contribution is 2.52. The Balaban J connectivity index is 1.27. The minimum absolute atomic E-state index is 0.0386. The lowest BCUT2D eigenvalue weighted by molar-refractivity contribution is -0.131. The summed E-state index contributed by atoms with van der Waals surface area (Å²) in [6.45, 7) is 0.956. The molecule has 0 saturated carbocycles. The number of anilines is 1. The SMILES string of the molecule is COc1ccc(CCNC(=O)[C@@H]2[C@H]3C=C[C@@]4(CN(c5ccccc5)C(=O)[C@@H]24)O3)cc1. The normalized spacial score (nSPS) is 28.6. The highest BCUT2D eigenvalue weighted by molar-refractivity contribution is 6.03. The monoisotopic (exact) mass is 404 g/mol. The van der Waals surface area contributed by atoms with E-state index in [1.165, 1.54) is 0 Å². The molecule has 0 unspecified atom stereocenters. The minimum atomic E-state index is -0.699. The lowest BCUT2D eigenvalue weighted by Gasteiger charge is -2.23. The number of carbonyl (C=O) groups excluding carboxylic acids is 2. The number of methoxy groups -OCH3 is 1. The maximum absolute atomic E-state index is 13.3. The van der Waals surface area contributed by atoms with E-state index in [0.717, 1.165) is 17.0 Å². The predicted molar refractivity (Wildman–Crippen MR) is 112 cm³/mol. The summed E-state index contributed by atoms with van der Waals surface area (Å²) >= 11 is 0. The molecule has 6 heteroatoms. The minimum Gasteiger partial charge on any atom is -0.497 e. The molecule has 3 heterocycles. The van der Waals surface area contributed by atoms with Gasteiger partial charge < -0.3 is 19.7 Å². The Morgan fingerprint density at radius 1 is 1.20 bits per heavy atom. The van der Waals surface area contributed by atoms with Crippen molar-refractivity contribution in [1.29, 1.82) is 0 Å². The Morgan fingerprint density at radius 2 is 1.97 bits per heavy atom. The highest BCUT2D eigenvalue weighted by atomic mass is 16.5. The number of para-hydroxylation sites is 1. The smallest absolute Gasteiger partial charge is 0.234 e. The van der Waals surface area contributed by atoms with E-state index in [-0.39, 0.29) is 17.9 Å². The molecule has 5 rings (SSSR count). The molecule has 2 aromatic carbocycles. The van der Waals surface area contributed by atoms with Crippen LogP contribution in [0.25, 0.3) is 0 Å². The van der Waals surface area contributed by atoms with E-state index in [2.05, 4.69) is 5.32 Å². The molecule has 0 aromatic heterocycles. The zero-order chi connectivity index (χ0) is 20.7. The molecule has 3 aliphatic heterocycles. The van der Waals surface area contributed by atoms with Gasteiger partial charge in [-0.05, 0) is 36.2 Å². The van der Waals surface area contributed by atoms with Crippen LogP contribution < -0.4 is 15.0 Å². The van der Waals surface area contributed by atoms with Crippen molar-refractivity contribution in [2.24, 2.45) is 11.8 Å². The van der Waals surface area contributed by atoms with Crippen molar-refractivity contribution < 1.29 is 19.1 Å². The molecule has 2 fully saturated rings. The van der Waals surface area contributed by atoms with E-state index in [4.69, 9.17) is 9.47 Å². The maximum atomic E-state index is 13.3. The number of nitrogens with one attached hydrogen (secondary N) is 1. The topological polar surface area (TPSA) is 67.9 Å². The fourth-order valence-corrected chi connectivity index (χ4v) is 4.86. The summed E-state index contributed by atoms with van der Waals surface area (Å²) in [4.78, 5) is 28.0. The second kappa shape index (κ2) is 7.29. The number of benzene rings is 2. The van der Waals surface area contributed by atoms with E-state index in [1.54, 1.807) is 12.0 Å². The predicted octanol–water partition coefficient (Wildman–Crippen LogP) is 2.34. The molecule has 4 atom stereocenters. The zero-order valence-electron chi connectivity index (χ0n) is 16.8. The van der Waals surface area contributed by atoms with Crippen molar-refractivity contribution in [2.75, 3.05) is 25.1 Å². The fraction of sp³-hybridized carbons (Fsp3) is 0.333. The number of amides is 2.